The maximum Gasteiger partial charge on any atom is 0.139 e. The Hall–Kier alpha value is -0.370. The van der Waals surface area contributed by atoms with Gasteiger partial charge in [0.1, 0.15) is 5.78 Å². The van der Waals surface area contributed by atoms with Crippen LogP contribution in [-0.2, 0) is 4.79 Å². The number of Topliss-reactive ketones (excluding diaryl/α,β-unsaturated/α-hetero) is 1. The van der Waals surface area contributed by atoms with Crippen molar-refractivity contribution in [3.05, 3.63) is 0 Å². The molecule has 2 aliphatic carbocycles. The van der Waals surface area contributed by atoms with Gasteiger partial charge in [0.05, 0.1) is 0 Å². The lowest BCUT2D eigenvalue weighted by atomic mass is 9.70. The fourth-order valence-corrected chi connectivity index (χ4v) is 3.11. The van der Waals surface area contributed by atoms with Crippen LogP contribution in [0.25, 0.3) is 0 Å². The zero-order valence-electron chi connectivity index (χ0n) is 9.96. The molecule has 0 aromatic heterocycles. The second-order valence-electron chi connectivity index (χ2n) is 5.52. The van der Waals surface area contributed by atoms with Crippen molar-refractivity contribution in [2.24, 2.45) is 17.8 Å². The highest BCUT2D eigenvalue weighted by molar-refractivity contribution is 5.84. The smallest absolute Gasteiger partial charge is 0.139 e. The largest absolute Gasteiger partial charge is 0.317 e. The second kappa shape index (κ2) is 4.65. The summed E-state index contributed by atoms with van der Waals surface area (Å²) in [5.41, 5.74) is 0. The van der Waals surface area contributed by atoms with Gasteiger partial charge in [0.2, 0.25) is 0 Å². The second-order valence-corrected chi connectivity index (χ2v) is 5.52. The lowest BCUT2D eigenvalue weighted by Gasteiger charge is -2.37. The Balaban J connectivity index is 1.81. The summed E-state index contributed by atoms with van der Waals surface area (Å²) in [7, 11) is 1.99. The quantitative estimate of drug-likeness (QED) is 0.773. The van der Waals surface area contributed by atoms with Gasteiger partial charge in [-0.2, -0.15) is 0 Å². The van der Waals surface area contributed by atoms with Crippen molar-refractivity contribution < 1.29 is 4.79 Å². The molecule has 0 aromatic carbocycles. The summed E-state index contributed by atoms with van der Waals surface area (Å²) < 4.78 is 0. The molecule has 2 saturated carbocycles. The van der Waals surface area contributed by atoms with Gasteiger partial charge < -0.3 is 5.32 Å². The number of hydrogen-bond donors (Lipinski definition) is 1. The third-order valence-corrected chi connectivity index (χ3v) is 4.29. The Morgan fingerprint density at radius 3 is 2.47 bits per heavy atom. The van der Waals surface area contributed by atoms with Crippen LogP contribution in [0.5, 0.6) is 0 Å². The van der Waals surface area contributed by atoms with E-state index in [0.717, 1.165) is 31.6 Å². The fourth-order valence-electron chi connectivity index (χ4n) is 3.11. The first-order valence-corrected chi connectivity index (χ1v) is 6.41. The average molecular weight is 209 g/mol. The highest BCUT2D eigenvalue weighted by atomic mass is 16.1. The SMILES string of the molecule is CNC1CC(C(=O)C2CCCC(C)C2)C1. The van der Waals surface area contributed by atoms with Crippen molar-refractivity contribution in [3.8, 4) is 0 Å². The van der Waals surface area contributed by atoms with Gasteiger partial charge in [-0.3, -0.25) is 4.79 Å². The highest BCUT2D eigenvalue weighted by Crippen LogP contribution is 2.36. The summed E-state index contributed by atoms with van der Waals surface area (Å²) in [5, 5.41) is 3.25. The van der Waals surface area contributed by atoms with Crippen molar-refractivity contribution in [3.63, 3.8) is 0 Å². The summed E-state index contributed by atoms with van der Waals surface area (Å²) in [6, 6.07) is 0.611. The fraction of sp³-hybridized carbons (Fsp3) is 0.923. The van der Waals surface area contributed by atoms with Gasteiger partial charge in [-0.05, 0) is 38.6 Å². The van der Waals surface area contributed by atoms with Crippen LogP contribution in [0.15, 0.2) is 0 Å². The molecule has 2 aliphatic rings. The van der Waals surface area contributed by atoms with E-state index in [1.165, 1.54) is 12.8 Å². The Bertz CT molecular complexity index is 233. The molecule has 2 unspecified atom stereocenters. The number of ketones is 1. The molecular weight excluding hydrogens is 186 g/mol. The summed E-state index contributed by atoms with van der Waals surface area (Å²) >= 11 is 0. The van der Waals surface area contributed by atoms with E-state index >= 15 is 0 Å². The molecule has 2 fully saturated rings. The number of hydrogen-bond acceptors (Lipinski definition) is 2. The average Bonchev–Trinajstić information content (AvgIpc) is 2.16. The number of carbonyl (C=O) groups excluding carboxylic acids is 1. The van der Waals surface area contributed by atoms with Gasteiger partial charge in [0, 0.05) is 17.9 Å². The van der Waals surface area contributed by atoms with Crippen molar-refractivity contribution in [1.29, 1.82) is 0 Å². The molecule has 2 rings (SSSR count). The zero-order valence-corrected chi connectivity index (χ0v) is 9.96. The van der Waals surface area contributed by atoms with Gasteiger partial charge in [-0.25, -0.2) is 0 Å². The standard InChI is InChI=1S/C13H23NO/c1-9-4-3-5-10(6-9)13(15)11-7-12(8-11)14-2/h9-12,14H,3-8H2,1-2H3. The lowest BCUT2D eigenvalue weighted by Crippen LogP contribution is -2.44. The lowest BCUT2D eigenvalue weighted by molar-refractivity contribution is -0.131. The molecule has 0 spiro atoms. The Labute approximate surface area is 92.8 Å². The van der Waals surface area contributed by atoms with Crippen LogP contribution in [0.3, 0.4) is 0 Å². The molecule has 0 heterocycles. The van der Waals surface area contributed by atoms with Crippen LogP contribution in [0.4, 0.5) is 0 Å². The molecule has 0 amide bonds. The monoisotopic (exact) mass is 209 g/mol. The summed E-state index contributed by atoms with van der Waals surface area (Å²) in [6.07, 6.45) is 7.07. The van der Waals surface area contributed by atoms with E-state index in [-0.39, 0.29) is 0 Å². The molecule has 2 heteroatoms. The number of rotatable bonds is 3. The maximum atomic E-state index is 12.2. The molecule has 15 heavy (non-hydrogen) atoms. The Morgan fingerprint density at radius 1 is 1.13 bits per heavy atom. The summed E-state index contributed by atoms with van der Waals surface area (Å²) in [6.45, 7) is 2.29. The molecule has 86 valence electrons. The van der Waals surface area contributed by atoms with Crippen LogP contribution in [-0.4, -0.2) is 18.9 Å². The minimum Gasteiger partial charge on any atom is -0.317 e. The van der Waals surface area contributed by atoms with E-state index in [9.17, 15) is 4.79 Å². The maximum absolute atomic E-state index is 12.2. The van der Waals surface area contributed by atoms with E-state index in [2.05, 4.69) is 12.2 Å². The minimum absolute atomic E-state index is 0.387. The molecule has 2 atom stereocenters. The van der Waals surface area contributed by atoms with Crippen LogP contribution < -0.4 is 5.32 Å². The number of carbonyl (C=O) groups is 1. The minimum atomic E-state index is 0.387. The van der Waals surface area contributed by atoms with Gasteiger partial charge in [0.25, 0.3) is 0 Å². The van der Waals surface area contributed by atoms with Gasteiger partial charge in [-0.15, -0.1) is 0 Å². The van der Waals surface area contributed by atoms with Gasteiger partial charge >= 0.3 is 0 Å². The van der Waals surface area contributed by atoms with E-state index in [1.54, 1.807) is 0 Å². The van der Waals surface area contributed by atoms with Crippen LogP contribution in [0.2, 0.25) is 0 Å². The first-order valence-electron chi connectivity index (χ1n) is 6.41. The van der Waals surface area contributed by atoms with Gasteiger partial charge in [0.15, 0.2) is 0 Å². The molecule has 0 bridgehead atoms. The molecule has 0 aromatic rings. The van der Waals surface area contributed by atoms with Gasteiger partial charge in [-0.1, -0.05) is 19.8 Å². The Kier molecular flexibility index (Phi) is 3.45. The molecule has 0 radical (unpaired) electrons. The Morgan fingerprint density at radius 2 is 1.87 bits per heavy atom. The predicted molar refractivity (Wildman–Crippen MR) is 61.7 cm³/mol. The van der Waals surface area contributed by atoms with Crippen molar-refractivity contribution >= 4 is 5.78 Å². The summed E-state index contributed by atoms with van der Waals surface area (Å²) in [5.74, 6) is 2.13. The first-order chi connectivity index (χ1) is 7.20. The first kappa shape index (κ1) is 11.1. The van der Waals surface area contributed by atoms with E-state index < -0.39 is 0 Å². The topological polar surface area (TPSA) is 29.1 Å². The normalized spacial score (nSPS) is 40.9. The molecule has 2 nitrogen and oxygen atoms in total. The van der Waals surface area contributed by atoms with E-state index in [4.69, 9.17) is 0 Å². The molecule has 0 saturated heterocycles. The number of nitrogens with one attached hydrogen (secondary N) is 1. The third kappa shape index (κ3) is 2.41. The highest BCUT2D eigenvalue weighted by Gasteiger charge is 2.37. The molecule has 1 N–H and O–H groups in total. The van der Waals surface area contributed by atoms with Crippen molar-refractivity contribution in [1.82, 2.24) is 5.32 Å². The van der Waals surface area contributed by atoms with E-state index in [0.29, 0.717) is 23.7 Å². The van der Waals surface area contributed by atoms with E-state index in [1.807, 2.05) is 7.05 Å². The van der Waals surface area contributed by atoms with Crippen molar-refractivity contribution in [2.45, 2.75) is 51.5 Å². The van der Waals surface area contributed by atoms with Crippen molar-refractivity contribution in [2.75, 3.05) is 7.05 Å². The molecule has 0 aliphatic heterocycles. The van der Waals surface area contributed by atoms with Crippen LogP contribution in [0, 0.1) is 17.8 Å². The predicted octanol–water partition coefficient (Wildman–Crippen LogP) is 2.38. The van der Waals surface area contributed by atoms with Crippen LogP contribution in [0.1, 0.15) is 45.4 Å². The summed E-state index contributed by atoms with van der Waals surface area (Å²) in [4.78, 5) is 12.2. The third-order valence-electron chi connectivity index (χ3n) is 4.29. The molecular formula is C13H23NO. The zero-order chi connectivity index (χ0) is 10.8. The van der Waals surface area contributed by atoms with Crippen LogP contribution >= 0.6 is 0 Å².